The van der Waals surface area contributed by atoms with E-state index in [9.17, 15) is 15.0 Å². The van der Waals surface area contributed by atoms with Crippen molar-refractivity contribution in [2.24, 2.45) is 0 Å². The standard InChI is InChI=1S/C14H14O4/c1-18-14(13(16)17)9-11(7-8-12(14)15)10-5-3-2-4-6-10/h2-8,15H,9H2,1H3,(H,16,17). The lowest BCUT2D eigenvalue weighted by atomic mass is 9.85. The van der Waals surface area contributed by atoms with Crippen molar-refractivity contribution >= 4 is 11.5 Å². The zero-order valence-corrected chi connectivity index (χ0v) is 9.96. The van der Waals surface area contributed by atoms with Crippen LogP contribution in [0.15, 0.2) is 48.2 Å². The van der Waals surface area contributed by atoms with Gasteiger partial charge in [-0.1, -0.05) is 36.4 Å². The summed E-state index contributed by atoms with van der Waals surface area (Å²) >= 11 is 0. The van der Waals surface area contributed by atoms with Crippen molar-refractivity contribution in [2.75, 3.05) is 7.11 Å². The second-order valence-corrected chi connectivity index (χ2v) is 4.12. The number of carboxylic acids is 1. The van der Waals surface area contributed by atoms with Crippen LogP contribution in [0.3, 0.4) is 0 Å². The topological polar surface area (TPSA) is 66.8 Å². The summed E-state index contributed by atoms with van der Waals surface area (Å²) in [6.07, 6.45) is 3.19. The summed E-state index contributed by atoms with van der Waals surface area (Å²) in [4.78, 5) is 11.3. The molecule has 0 amide bonds. The maximum absolute atomic E-state index is 11.3. The molecule has 4 heteroatoms. The number of hydrogen-bond donors (Lipinski definition) is 2. The average molecular weight is 246 g/mol. The highest BCUT2D eigenvalue weighted by Crippen LogP contribution is 2.36. The Morgan fingerprint density at radius 1 is 1.28 bits per heavy atom. The number of rotatable bonds is 3. The quantitative estimate of drug-likeness (QED) is 0.859. The first-order valence-corrected chi connectivity index (χ1v) is 5.54. The molecule has 1 unspecified atom stereocenters. The largest absolute Gasteiger partial charge is 0.509 e. The monoisotopic (exact) mass is 246 g/mol. The lowest BCUT2D eigenvalue weighted by Crippen LogP contribution is -2.44. The first kappa shape index (κ1) is 12.4. The van der Waals surface area contributed by atoms with Crippen molar-refractivity contribution in [3.8, 4) is 0 Å². The SMILES string of the molecule is COC1(C(=O)O)CC(c2ccccc2)=CC=C1O. The van der Waals surface area contributed by atoms with Crippen molar-refractivity contribution < 1.29 is 19.7 Å². The smallest absolute Gasteiger partial charge is 0.344 e. The summed E-state index contributed by atoms with van der Waals surface area (Å²) in [5.74, 6) is -1.47. The molecule has 2 rings (SSSR count). The summed E-state index contributed by atoms with van der Waals surface area (Å²) in [7, 11) is 1.28. The normalized spacial score (nSPS) is 23.2. The highest BCUT2D eigenvalue weighted by Gasteiger charge is 2.45. The van der Waals surface area contributed by atoms with Gasteiger partial charge in [0.25, 0.3) is 0 Å². The molecule has 1 aliphatic rings. The van der Waals surface area contributed by atoms with Gasteiger partial charge in [-0.15, -0.1) is 0 Å². The third-order valence-electron chi connectivity index (χ3n) is 3.13. The molecule has 0 saturated carbocycles. The van der Waals surface area contributed by atoms with E-state index in [0.29, 0.717) is 0 Å². The van der Waals surface area contributed by atoms with Crippen LogP contribution in [0.25, 0.3) is 5.57 Å². The Bertz CT molecular complexity index is 516. The molecule has 94 valence electrons. The van der Waals surface area contributed by atoms with Gasteiger partial charge in [0.05, 0.1) is 0 Å². The molecule has 4 nitrogen and oxygen atoms in total. The molecular weight excluding hydrogens is 232 g/mol. The number of aliphatic carboxylic acids is 1. The Morgan fingerprint density at radius 2 is 1.94 bits per heavy atom. The Kier molecular flexibility index (Phi) is 3.21. The van der Waals surface area contributed by atoms with E-state index in [1.54, 1.807) is 6.08 Å². The third kappa shape index (κ3) is 1.91. The van der Waals surface area contributed by atoms with Crippen molar-refractivity contribution in [1.82, 2.24) is 0 Å². The Balaban J connectivity index is 2.42. The predicted octanol–water partition coefficient (Wildman–Crippen LogP) is 2.39. The van der Waals surface area contributed by atoms with E-state index in [-0.39, 0.29) is 12.2 Å². The van der Waals surface area contributed by atoms with Crippen LogP contribution in [0, 0.1) is 0 Å². The highest BCUT2D eigenvalue weighted by atomic mass is 16.5. The summed E-state index contributed by atoms with van der Waals surface area (Å²) in [5.41, 5.74) is 0.0569. The zero-order valence-electron chi connectivity index (χ0n) is 9.96. The van der Waals surface area contributed by atoms with Gasteiger partial charge in [0.2, 0.25) is 5.60 Å². The lowest BCUT2D eigenvalue weighted by Gasteiger charge is -2.30. The van der Waals surface area contributed by atoms with Gasteiger partial charge in [-0.25, -0.2) is 4.79 Å². The average Bonchev–Trinajstić information content (AvgIpc) is 2.40. The van der Waals surface area contributed by atoms with Crippen LogP contribution in [0.5, 0.6) is 0 Å². The number of aliphatic hydroxyl groups excluding tert-OH is 1. The second kappa shape index (κ2) is 4.66. The molecule has 0 saturated heterocycles. The first-order chi connectivity index (χ1) is 8.60. The fourth-order valence-corrected chi connectivity index (χ4v) is 2.03. The van der Waals surface area contributed by atoms with Crippen LogP contribution < -0.4 is 0 Å². The van der Waals surface area contributed by atoms with Crippen molar-refractivity contribution in [3.63, 3.8) is 0 Å². The van der Waals surface area contributed by atoms with E-state index in [4.69, 9.17) is 4.74 Å². The number of benzene rings is 1. The first-order valence-electron chi connectivity index (χ1n) is 5.54. The Morgan fingerprint density at radius 3 is 2.50 bits per heavy atom. The van der Waals surface area contributed by atoms with Gasteiger partial charge in [-0.3, -0.25) is 0 Å². The maximum atomic E-state index is 11.3. The fourth-order valence-electron chi connectivity index (χ4n) is 2.03. The Labute approximate surface area is 105 Å². The zero-order chi connectivity index (χ0) is 13.2. The van der Waals surface area contributed by atoms with Gasteiger partial charge in [-0.05, 0) is 17.2 Å². The minimum Gasteiger partial charge on any atom is -0.509 e. The van der Waals surface area contributed by atoms with Crippen LogP contribution in [0.2, 0.25) is 0 Å². The molecule has 18 heavy (non-hydrogen) atoms. The van der Waals surface area contributed by atoms with E-state index in [1.165, 1.54) is 13.2 Å². The van der Waals surface area contributed by atoms with Crippen LogP contribution in [0.4, 0.5) is 0 Å². The van der Waals surface area contributed by atoms with Crippen molar-refractivity contribution in [1.29, 1.82) is 0 Å². The van der Waals surface area contributed by atoms with Gasteiger partial charge in [0, 0.05) is 13.5 Å². The van der Waals surface area contributed by atoms with E-state index >= 15 is 0 Å². The summed E-state index contributed by atoms with van der Waals surface area (Å²) in [6, 6.07) is 9.43. The maximum Gasteiger partial charge on any atom is 0.344 e. The number of allylic oxidation sites excluding steroid dienone is 2. The molecule has 0 aliphatic heterocycles. The predicted molar refractivity (Wildman–Crippen MR) is 67.1 cm³/mol. The van der Waals surface area contributed by atoms with Crippen molar-refractivity contribution in [3.05, 3.63) is 53.8 Å². The van der Waals surface area contributed by atoms with Gasteiger partial charge >= 0.3 is 5.97 Å². The molecule has 0 aromatic heterocycles. The van der Waals surface area contributed by atoms with Crippen molar-refractivity contribution in [2.45, 2.75) is 12.0 Å². The molecular formula is C14H14O4. The number of carboxylic acid groups (broad SMARTS) is 1. The lowest BCUT2D eigenvalue weighted by molar-refractivity contribution is -0.160. The molecule has 0 bridgehead atoms. The summed E-state index contributed by atoms with van der Waals surface area (Å²) in [6.45, 7) is 0. The fraction of sp³-hybridized carbons (Fsp3) is 0.214. The molecule has 1 aromatic carbocycles. The molecule has 1 aromatic rings. The van der Waals surface area contributed by atoms with E-state index in [1.807, 2.05) is 30.3 Å². The molecule has 1 aliphatic carbocycles. The number of ether oxygens (including phenoxy) is 1. The van der Waals surface area contributed by atoms with E-state index in [0.717, 1.165) is 11.1 Å². The van der Waals surface area contributed by atoms with Gasteiger partial charge in [-0.2, -0.15) is 0 Å². The van der Waals surface area contributed by atoms with E-state index < -0.39 is 11.6 Å². The minimum absolute atomic E-state index is 0.102. The summed E-state index contributed by atoms with van der Waals surface area (Å²) < 4.78 is 5.05. The van der Waals surface area contributed by atoms with Gasteiger partial charge < -0.3 is 14.9 Å². The molecule has 1 atom stereocenters. The van der Waals surface area contributed by atoms with Gasteiger partial charge in [0.15, 0.2) is 0 Å². The van der Waals surface area contributed by atoms with E-state index in [2.05, 4.69) is 0 Å². The molecule has 0 heterocycles. The number of methoxy groups -OCH3 is 1. The van der Waals surface area contributed by atoms with Gasteiger partial charge in [0.1, 0.15) is 5.76 Å². The number of carbonyl (C=O) groups is 1. The molecule has 0 fully saturated rings. The molecule has 0 spiro atoms. The number of aliphatic hydroxyl groups is 1. The third-order valence-corrected chi connectivity index (χ3v) is 3.13. The Hall–Kier alpha value is -2.07. The van der Waals surface area contributed by atoms with Crippen LogP contribution in [0.1, 0.15) is 12.0 Å². The van der Waals surface area contributed by atoms with Crippen LogP contribution in [-0.2, 0) is 9.53 Å². The van der Waals surface area contributed by atoms with Crippen LogP contribution in [-0.4, -0.2) is 28.9 Å². The molecule has 2 N–H and O–H groups in total. The highest BCUT2D eigenvalue weighted by molar-refractivity contribution is 5.86. The van der Waals surface area contributed by atoms with Crippen LogP contribution >= 0.6 is 0 Å². The minimum atomic E-state index is -1.68. The second-order valence-electron chi connectivity index (χ2n) is 4.12. The summed E-state index contributed by atoms with van der Waals surface area (Å²) in [5, 5.41) is 19.0. The number of hydrogen-bond acceptors (Lipinski definition) is 3. The molecule has 0 radical (unpaired) electrons.